The molecule has 25 heavy (non-hydrogen) atoms. The molecule has 128 valence electrons. The summed E-state index contributed by atoms with van der Waals surface area (Å²) < 4.78 is 10.6. The summed E-state index contributed by atoms with van der Waals surface area (Å²) >= 11 is 0. The molecular formula is C19H18N2O4. The first kappa shape index (κ1) is 15.5. The molecule has 1 saturated heterocycles. The third kappa shape index (κ3) is 3.15. The Bertz CT molecular complexity index is 806. The predicted molar refractivity (Wildman–Crippen MR) is 91.5 cm³/mol. The van der Waals surface area contributed by atoms with Crippen LogP contribution in [0.25, 0.3) is 0 Å². The van der Waals surface area contributed by atoms with Crippen LogP contribution in [0.4, 0.5) is 5.69 Å². The van der Waals surface area contributed by atoms with Crippen LogP contribution in [0.1, 0.15) is 12.0 Å². The van der Waals surface area contributed by atoms with Crippen molar-refractivity contribution in [2.75, 3.05) is 18.7 Å². The third-order valence-electron chi connectivity index (χ3n) is 4.42. The molecular weight excluding hydrogens is 320 g/mol. The Morgan fingerprint density at radius 1 is 1.04 bits per heavy atom. The lowest BCUT2D eigenvalue weighted by atomic mass is 10.1. The molecule has 2 aromatic rings. The van der Waals surface area contributed by atoms with Crippen molar-refractivity contribution in [3.63, 3.8) is 0 Å². The molecule has 2 heterocycles. The van der Waals surface area contributed by atoms with E-state index in [9.17, 15) is 9.59 Å². The van der Waals surface area contributed by atoms with Crippen molar-refractivity contribution < 1.29 is 19.1 Å². The van der Waals surface area contributed by atoms with E-state index in [1.165, 1.54) is 4.90 Å². The second kappa shape index (κ2) is 6.47. The standard InChI is InChI=1S/C19H18N2O4/c22-18-11-15(20-14-6-7-16-17(10-14)25-12-24-16)19(23)21(18)9-8-13-4-2-1-3-5-13/h1-7,10,15,20H,8-9,11-12H2/t15-/m0/s1. The van der Waals surface area contributed by atoms with Crippen LogP contribution in [0.2, 0.25) is 0 Å². The van der Waals surface area contributed by atoms with Gasteiger partial charge in [-0.2, -0.15) is 0 Å². The number of amides is 2. The van der Waals surface area contributed by atoms with E-state index in [1.807, 2.05) is 36.4 Å². The van der Waals surface area contributed by atoms with Gasteiger partial charge in [0.25, 0.3) is 5.91 Å². The quantitative estimate of drug-likeness (QED) is 0.847. The topological polar surface area (TPSA) is 67.9 Å². The van der Waals surface area contributed by atoms with Crippen molar-refractivity contribution >= 4 is 17.5 Å². The largest absolute Gasteiger partial charge is 0.454 e. The van der Waals surface area contributed by atoms with Crippen molar-refractivity contribution in [2.45, 2.75) is 18.9 Å². The minimum atomic E-state index is -0.538. The zero-order chi connectivity index (χ0) is 17.2. The lowest BCUT2D eigenvalue weighted by Gasteiger charge is -2.16. The Morgan fingerprint density at radius 3 is 2.68 bits per heavy atom. The molecule has 0 aromatic heterocycles. The highest BCUT2D eigenvalue weighted by Gasteiger charge is 2.38. The molecule has 2 amide bonds. The molecule has 1 fully saturated rings. The van der Waals surface area contributed by atoms with E-state index >= 15 is 0 Å². The molecule has 0 saturated carbocycles. The van der Waals surface area contributed by atoms with E-state index in [1.54, 1.807) is 12.1 Å². The fraction of sp³-hybridized carbons (Fsp3) is 0.263. The highest BCUT2D eigenvalue weighted by molar-refractivity contribution is 6.06. The van der Waals surface area contributed by atoms with Crippen LogP contribution < -0.4 is 14.8 Å². The predicted octanol–water partition coefficient (Wildman–Crippen LogP) is 2.20. The number of hydrogen-bond donors (Lipinski definition) is 1. The first-order valence-corrected chi connectivity index (χ1v) is 8.25. The monoisotopic (exact) mass is 338 g/mol. The Morgan fingerprint density at radius 2 is 1.84 bits per heavy atom. The van der Waals surface area contributed by atoms with Gasteiger partial charge in [-0.25, -0.2) is 0 Å². The molecule has 6 nitrogen and oxygen atoms in total. The SMILES string of the molecule is O=C1C[C@H](Nc2ccc3c(c2)OCO3)C(=O)N1CCc1ccccc1. The van der Waals surface area contributed by atoms with Crippen molar-refractivity contribution in [3.8, 4) is 11.5 Å². The number of carbonyl (C=O) groups excluding carboxylic acids is 2. The fourth-order valence-electron chi connectivity index (χ4n) is 3.10. The Balaban J connectivity index is 1.40. The number of hydrogen-bond acceptors (Lipinski definition) is 5. The van der Waals surface area contributed by atoms with E-state index in [0.717, 1.165) is 11.3 Å². The van der Waals surface area contributed by atoms with Gasteiger partial charge in [0.05, 0.1) is 6.42 Å². The molecule has 2 aliphatic heterocycles. The second-order valence-electron chi connectivity index (χ2n) is 6.09. The van der Waals surface area contributed by atoms with Crippen molar-refractivity contribution in [1.82, 2.24) is 4.90 Å². The molecule has 6 heteroatoms. The second-order valence-corrected chi connectivity index (χ2v) is 6.09. The zero-order valence-electron chi connectivity index (χ0n) is 13.6. The molecule has 2 aliphatic rings. The van der Waals surface area contributed by atoms with Crippen molar-refractivity contribution in [2.24, 2.45) is 0 Å². The zero-order valence-corrected chi connectivity index (χ0v) is 13.6. The molecule has 4 rings (SSSR count). The number of fused-ring (bicyclic) bond motifs is 1. The highest BCUT2D eigenvalue weighted by Crippen LogP contribution is 2.34. The van der Waals surface area contributed by atoms with Gasteiger partial charge in [0, 0.05) is 18.3 Å². The van der Waals surface area contributed by atoms with Gasteiger partial charge in [-0.3, -0.25) is 14.5 Å². The van der Waals surface area contributed by atoms with Crippen molar-refractivity contribution in [3.05, 3.63) is 54.1 Å². The van der Waals surface area contributed by atoms with Gasteiger partial charge < -0.3 is 14.8 Å². The van der Waals surface area contributed by atoms with Gasteiger partial charge in [0.1, 0.15) is 6.04 Å². The third-order valence-corrected chi connectivity index (χ3v) is 4.42. The van der Waals surface area contributed by atoms with E-state index in [2.05, 4.69) is 5.32 Å². The average molecular weight is 338 g/mol. The molecule has 0 unspecified atom stereocenters. The van der Waals surface area contributed by atoms with Crippen LogP contribution in [0, 0.1) is 0 Å². The van der Waals surface area contributed by atoms with Crippen LogP contribution >= 0.6 is 0 Å². The number of imide groups is 1. The van der Waals surface area contributed by atoms with Crippen molar-refractivity contribution in [1.29, 1.82) is 0 Å². The van der Waals surface area contributed by atoms with Gasteiger partial charge in [-0.05, 0) is 24.1 Å². The van der Waals surface area contributed by atoms with Gasteiger partial charge in [-0.15, -0.1) is 0 Å². The maximum absolute atomic E-state index is 12.6. The van der Waals surface area contributed by atoms with Crippen LogP contribution in [0.5, 0.6) is 11.5 Å². The number of ether oxygens (including phenoxy) is 2. The molecule has 1 atom stereocenters. The van der Waals surface area contributed by atoms with Crippen LogP contribution in [0.3, 0.4) is 0 Å². The normalized spacial score (nSPS) is 18.7. The van der Waals surface area contributed by atoms with E-state index < -0.39 is 6.04 Å². The number of benzene rings is 2. The molecule has 0 aliphatic carbocycles. The number of rotatable bonds is 5. The molecule has 0 bridgehead atoms. The van der Waals surface area contributed by atoms with Gasteiger partial charge >= 0.3 is 0 Å². The van der Waals surface area contributed by atoms with E-state index in [0.29, 0.717) is 24.5 Å². The smallest absolute Gasteiger partial charge is 0.252 e. The van der Waals surface area contributed by atoms with Gasteiger partial charge in [0.2, 0.25) is 12.7 Å². The summed E-state index contributed by atoms with van der Waals surface area (Å²) in [4.78, 5) is 26.1. The lowest BCUT2D eigenvalue weighted by molar-refractivity contribution is -0.138. The summed E-state index contributed by atoms with van der Waals surface area (Å²) in [5, 5.41) is 3.13. The summed E-state index contributed by atoms with van der Waals surface area (Å²) in [6.07, 6.45) is 0.830. The highest BCUT2D eigenvalue weighted by atomic mass is 16.7. The number of nitrogens with one attached hydrogen (secondary N) is 1. The maximum atomic E-state index is 12.6. The van der Waals surface area contributed by atoms with Gasteiger partial charge in [0.15, 0.2) is 11.5 Å². The Labute approximate surface area is 145 Å². The maximum Gasteiger partial charge on any atom is 0.252 e. The first-order valence-electron chi connectivity index (χ1n) is 8.25. The average Bonchev–Trinajstić information content (AvgIpc) is 3.19. The van der Waals surface area contributed by atoms with Crippen LogP contribution in [-0.2, 0) is 16.0 Å². The minimum Gasteiger partial charge on any atom is -0.454 e. The lowest BCUT2D eigenvalue weighted by Crippen LogP contribution is -2.36. The fourth-order valence-corrected chi connectivity index (χ4v) is 3.10. The molecule has 0 spiro atoms. The summed E-state index contributed by atoms with van der Waals surface area (Å²) in [7, 11) is 0. The molecule has 1 N–H and O–H groups in total. The van der Waals surface area contributed by atoms with Crippen LogP contribution in [-0.4, -0.2) is 36.1 Å². The first-order chi connectivity index (χ1) is 12.2. The summed E-state index contributed by atoms with van der Waals surface area (Å²) in [5.74, 6) is 1.00. The van der Waals surface area contributed by atoms with E-state index in [4.69, 9.17) is 9.47 Å². The Hall–Kier alpha value is -3.02. The van der Waals surface area contributed by atoms with E-state index in [-0.39, 0.29) is 25.0 Å². The number of anilines is 1. The number of nitrogens with zero attached hydrogens (tertiary/aromatic N) is 1. The summed E-state index contributed by atoms with van der Waals surface area (Å²) in [6.45, 7) is 0.605. The summed E-state index contributed by atoms with van der Waals surface area (Å²) in [6, 6.07) is 14.7. The molecule has 2 aromatic carbocycles. The molecule has 0 radical (unpaired) electrons. The van der Waals surface area contributed by atoms with Crippen LogP contribution in [0.15, 0.2) is 48.5 Å². The Kier molecular flexibility index (Phi) is 4.01. The number of carbonyl (C=O) groups is 2. The van der Waals surface area contributed by atoms with Gasteiger partial charge in [-0.1, -0.05) is 30.3 Å². The minimum absolute atomic E-state index is 0.140. The number of likely N-dealkylation sites (tertiary alicyclic amines) is 1. The summed E-state index contributed by atoms with van der Waals surface area (Å²) in [5.41, 5.74) is 1.84.